The van der Waals surface area contributed by atoms with Crippen molar-refractivity contribution in [2.45, 2.75) is 6.92 Å². The molecule has 0 bridgehead atoms. The molecule has 19 heavy (non-hydrogen) atoms. The van der Waals surface area contributed by atoms with E-state index in [-0.39, 0.29) is 0 Å². The zero-order chi connectivity index (χ0) is 13.7. The van der Waals surface area contributed by atoms with Gasteiger partial charge in [0.2, 0.25) is 0 Å². The van der Waals surface area contributed by atoms with E-state index in [0.29, 0.717) is 16.5 Å². The molecule has 2 aromatic rings. The molecular weight excluding hydrogens is 258 g/mol. The van der Waals surface area contributed by atoms with Crippen molar-refractivity contribution in [3.63, 3.8) is 0 Å². The Kier molecular flexibility index (Phi) is 4.22. The molecule has 0 spiro atoms. The van der Waals surface area contributed by atoms with Crippen LogP contribution in [-0.2, 0) is 0 Å². The summed E-state index contributed by atoms with van der Waals surface area (Å²) < 4.78 is 5.76. The van der Waals surface area contributed by atoms with Crippen LogP contribution in [0, 0.1) is 18.3 Å². The molecule has 94 valence electrons. The van der Waals surface area contributed by atoms with E-state index in [0.717, 1.165) is 11.1 Å². The van der Waals surface area contributed by atoms with Gasteiger partial charge in [-0.25, -0.2) is 0 Å². The van der Waals surface area contributed by atoms with Crippen molar-refractivity contribution in [2.24, 2.45) is 0 Å². The van der Waals surface area contributed by atoms with Crippen molar-refractivity contribution >= 4 is 17.4 Å². The lowest BCUT2D eigenvalue weighted by Gasteiger charge is -2.10. The Morgan fingerprint density at radius 2 is 1.95 bits per heavy atom. The van der Waals surface area contributed by atoms with Crippen LogP contribution in [0.25, 0.3) is 5.76 Å². The highest BCUT2D eigenvalue weighted by molar-refractivity contribution is 6.31. The van der Waals surface area contributed by atoms with Crippen molar-refractivity contribution < 1.29 is 4.74 Å². The molecule has 0 unspecified atom stereocenters. The fourth-order valence-electron chi connectivity index (χ4n) is 1.64. The summed E-state index contributed by atoms with van der Waals surface area (Å²) >= 11 is 5.97. The molecule has 0 amide bonds. The predicted octanol–water partition coefficient (Wildman–Crippen LogP) is 4.59. The predicted molar refractivity (Wildman–Crippen MR) is 76.8 cm³/mol. The minimum Gasteiger partial charge on any atom is -0.456 e. The van der Waals surface area contributed by atoms with Crippen LogP contribution in [0.4, 0.5) is 0 Å². The molecule has 0 aromatic heterocycles. The van der Waals surface area contributed by atoms with E-state index in [1.807, 2.05) is 49.4 Å². The fraction of sp³-hybridized carbons (Fsp3) is 0.0625. The number of halogens is 1. The Hall–Kier alpha value is -2.24. The molecule has 3 heteroatoms. The largest absolute Gasteiger partial charge is 0.456 e. The average molecular weight is 270 g/mol. The lowest BCUT2D eigenvalue weighted by molar-refractivity contribution is 0.515. The minimum atomic E-state index is 0.518. The van der Waals surface area contributed by atoms with Crippen LogP contribution in [-0.4, -0.2) is 0 Å². The van der Waals surface area contributed by atoms with Crippen LogP contribution in [0.1, 0.15) is 11.1 Å². The second-order valence-corrected chi connectivity index (χ2v) is 4.42. The van der Waals surface area contributed by atoms with Gasteiger partial charge in [0.1, 0.15) is 11.5 Å². The second-order valence-electron chi connectivity index (χ2n) is 4.02. The summed E-state index contributed by atoms with van der Waals surface area (Å²) in [4.78, 5) is 0. The van der Waals surface area contributed by atoms with E-state index < -0.39 is 0 Å². The van der Waals surface area contributed by atoms with Crippen LogP contribution in [0.5, 0.6) is 5.75 Å². The molecule has 0 aliphatic carbocycles. The first-order chi connectivity index (χ1) is 9.20. The SMILES string of the molecule is Cc1cc(O/C(=C/C#N)c2ccccc2)ccc1Cl. The van der Waals surface area contributed by atoms with Gasteiger partial charge in [-0.05, 0) is 30.7 Å². The molecule has 2 aromatic carbocycles. The highest BCUT2D eigenvalue weighted by Crippen LogP contribution is 2.25. The maximum Gasteiger partial charge on any atom is 0.145 e. The number of rotatable bonds is 3. The summed E-state index contributed by atoms with van der Waals surface area (Å²) in [6.45, 7) is 1.91. The Bertz CT molecular complexity index is 642. The fourth-order valence-corrected chi connectivity index (χ4v) is 1.76. The summed E-state index contributed by atoms with van der Waals surface area (Å²) in [7, 11) is 0. The molecule has 2 rings (SSSR count). The monoisotopic (exact) mass is 269 g/mol. The van der Waals surface area contributed by atoms with Crippen LogP contribution >= 0.6 is 11.6 Å². The van der Waals surface area contributed by atoms with Gasteiger partial charge in [-0.1, -0.05) is 41.9 Å². The summed E-state index contributed by atoms with van der Waals surface area (Å²) in [6, 6.07) is 16.9. The first-order valence-corrected chi connectivity index (χ1v) is 6.17. The zero-order valence-corrected chi connectivity index (χ0v) is 11.2. The third kappa shape index (κ3) is 3.37. The quantitative estimate of drug-likeness (QED) is 0.603. The van der Waals surface area contributed by atoms with Crippen LogP contribution in [0.3, 0.4) is 0 Å². The van der Waals surface area contributed by atoms with Gasteiger partial charge in [0.25, 0.3) is 0 Å². The topological polar surface area (TPSA) is 33.0 Å². The number of nitriles is 1. The van der Waals surface area contributed by atoms with E-state index in [2.05, 4.69) is 0 Å². The standard InChI is InChI=1S/C16H12ClNO/c1-12-11-14(7-8-15(12)17)19-16(9-10-18)13-5-3-2-4-6-13/h2-9,11H,1H3/b16-9+. The van der Waals surface area contributed by atoms with Gasteiger partial charge >= 0.3 is 0 Å². The van der Waals surface area contributed by atoms with Gasteiger partial charge in [-0.3, -0.25) is 0 Å². The summed E-state index contributed by atoms with van der Waals surface area (Å²) in [5, 5.41) is 9.54. The van der Waals surface area contributed by atoms with Gasteiger partial charge in [-0.15, -0.1) is 0 Å². The number of allylic oxidation sites excluding steroid dienone is 1. The Labute approximate surface area is 117 Å². The van der Waals surface area contributed by atoms with Gasteiger partial charge in [0, 0.05) is 10.6 Å². The molecule has 2 nitrogen and oxygen atoms in total. The van der Waals surface area contributed by atoms with Gasteiger partial charge in [-0.2, -0.15) is 5.26 Å². The van der Waals surface area contributed by atoms with Crippen LogP contribution in [0.2, 0.25) is 5.02 Å². The van der Waals surface area contributed by atoms with E-state index in [4.69, 9.17) is 21.6 Å². The van der Waals surface area contributed by atoms with E-state index >= 15 is 0 Å². The lowest BCUT2D eigenvalue weighted by Crippen LogP contribution is -1.95. The van der Waals surface area contributed by atoms with Crippen molar-refractivity contribution in [1.29, 1.82) is 5.26 Å². The smallest absolute Gasteiger partial charge is 0.145 e. The Balaban J connectivity index is 2.30. The van der Waals surface area contributed by atoms with Crippen molar-refractivity contribution in [1.82, 2.24) is 0 Å². The maximum atomic E-state index is 8.85. The molecule has 0 heterocycles. The summed E-state index contributed by atoms with van der Waals surface area (Å²) in [5.74, 6) is 1.18. The molecule has 0 aliphatic rings. The Morgan fingerprint density at radius 1 is 1.21 bits per heavy atom. The normalized spacial score (nSPS) is 10.9. The van der Waals surface area contributed by atoms with E-state index in [9.17, 15) is 0 Å². The molecule has 0 atom stereocenters. The van der Waals surface area contributed by atoms with Crippen LogP contribution < -0.4 is 4.74 Å². The number of nitrogens with zero attached hydrogens (tertiary/aromatic N) is 1. The number of hydrogen-bond donors (Lipinski definition) is 0. The van der Waals surface area contributed by atoms with E-state index in [1.54, 1.807) is 12.1 Å². The van der Waals surface area contributed by atoms with Gasteiger partial charge in [0.15, 0.2) is 0 Å². The van der Waals surface area contributed by atoms with Crippen LogP contribution in [0.15, 0.2) is 54.6 Å². The van der Waals surface area contributed by atoms with Crippen molar-refractivity contribution in [3.8, 4) is 11.8 Å². The number of hydrogen-bond acceptors (Lipinski definition) is 2. The molecular formula is C16H12ClNO. The average Bonchev–Trinajstić information content (AvgIpc) is 2.43. The van der Waals surface area contributed by atoms with Crippen molar-refractivity contribution in [3.05, 3.63) is 70.8 Å². The van der Waals surface area contributed by atoms with E-state index in [1.165, 1.54) is 6.08 Å². The highest BCUT2D eigenvalue weighted by Gasteiger charge is 2.05. The highest BCUT2D eigenvalue weighted by atomic mass is 35.5. The van der Waals surface area contributed by atoms with Gasteiger partial charge < -0.3 is 4.74 Å². The number of ether oxygens (including phenoxy) is 1. The first-order valence-electron chi connectivity index (χ1n) is 5.80. The van der Waals surface area contributed by atoms with Gasteiger partial charge in [0.05, 0.1) is 12.1 Å². The third-order valence-corrected chi connectivity index (χ3v) is 3.04. The maximum absolute atomic E-state index is 8.85. The first kappa shape index (κ1) is 13.2. The molecule has 0 N–H and O–H groups in total. The number of benzene rings is 2. The molecule has 0 radical (unpaired) electrons. The minimum absolute atomic E-state index is 0.518. The molecule has 0 aliphatic heterocycles. The Morgan fingerprint density at radius 3 is 2.58 bits per heavy atom. The lowest BCUT2D eigenvalue weighted by atomic mass is 10.2. The summed E-state index contributed by atoms with van der Waals surface area (Å²) in [6.07, 6.45) is 1.39. The number of aryl methyl sites for hydroxylation is 1. The molecule has 0 saturated carbocycles. The summed E-state index contributed by atoms with van der Waals surface area (Å²) in [5.41, 5.74) is 1.79. The second kappa shape index (κ2) is 6.08. The zero-order valence-electron chi connectivity index (χ0n) is 10.4. The third-order valence-electron chi connectivity index (χ3n) is 2.61. The molecule has 0 saturated heterocycles. The van der Waals surface area contributed by atoms with Crippen molar-refractivity contribution in [2.75, 3.05) is 0 Å². The molecule has 0 fully saturated rings.